The van der Waals surface area contributed by atoms with Crippen molar-refractivity contribution in [3.63, 3.8) is 0 Å². The molecule has 1 atom stereocenters. The number of carbonyl (C=O) groups is 1. The summed E-state index contributed by atoms with van der Waals surface area (Å²) in [6.07, 6.45) is 1.12. The van der Waals surface area contributed by atoms with Gasteiger partial charge in [-0.2, -0.15) is 0 Å². The molecule has 0 fully saturated rings. The maximum atomic E-state index is 11.2. The summed E-state index contributed by atoms with van der Waals surface area (Å²) in [6.45, 7) is 3.67. The average Bonchev–Trinajstić information content (AvgIpc) is 2.29. The molecule has 0 spiro atoms. The van der Waals surface area contributed by atoms with Crippen LogP contribution in [0.1, 0.15) is 25.8 Å². The molecule has 94 valence electrons. The molecule has 0 radical (unpaired) electrons. The standard InChI is InChI=1S/C13H17BrO3/c1-4-13(2,12(15)16)8-9-5-6-11(17-3)10(14)7-9/h5-7H,4,8H2,1-3H3,(H,15,16). The van der Waals surface area contributed by atoms with E-state index in [1.54, 1.807) is 14.0 Å². The fourth-order valence-electron chi connectivity index (χ4n) is 1.62. The predicted octanol–water partition coefficient (Wildman–Crippen LogP) is 3.50. The van der Waals surface area contributed by atoms with Gasteiger partial charge in [-0.15, -0.1) is 0 Å². The van der Waals surface area contributed by atoms with Gasteiger partial charge in [0.05, 0.1) is 17.0 Å². The Labute approximate surface area is 110 Å². The highest BCUT2D eigenvalue weighted by Crippen LogP contribution is 2.31. The second-order valence-corrected chi connectivity index (χ2v) is 5.22. The van der Waals surface area contributed by atoms with Gasteiger partial charge in [-0.3, -0.25) is 4.79 Å². The van der Waals surface area contributed by atoms with E-state index in [2.05, 4.69) is 15.9 Å². The van der Waals surface area contributed by atoms with Gasteiger partial charge in [0.25, 0.3) is 0 Å². The molecule has 0 aliphatic heterocycles. The van der Waals surface area contributed by atoms with Crippen LogP contribution in [0.2, 0.25) is 0 Å². The summed E-state index contributed by atoms with van der Waals surface area (Å²) in [5, 5.41) is 9.23. The van der Waals surface area contributed by atoms with Crippen LogP contribution >= 0.6 is 15.9 Å². The topological polar surface area (TPSA) is 46.5 Å². The summed E-state index contributed by atoms with van der Waals surface area (Å²) in [6, 6.07) is 5.66. The molecule has 0 aromatic heterocycles. The first-order chi connectivity index (χ1) is 7.92. The Morgan fingerprint density at radius 2 is 2.18 bits per heavy atom. The first kappa shape index (κ1) is 14.0. The van der Waals surface area contributed by atoms with Crippen molar-refractivity contribution in [2.24, 2.45) is 5.41 Å². The molecule has 1 unspecified atom stereocenters. The van der Waals surface area contributed by atoms with E-state index in [-0.39, 0.29) is 0 Å². The van der Waals surface area contributed by atoms with Crippen LogP contribution in [0, 0.1) is 5.41 Å². The number of carboxylic acids is 1. The molecule has 3 nitrogen and oxygen atoms in total. The van der Waals surface area contributed by atoms with E-state index in [4.69, 9.17) is 4.74 Å². The molecule has 0 heterocycles. The molecule has 0 aliphatic carbocycles. The van der Waals surface area contributed by atoms with Crippen molar-refractivity contribution < 1.29 is 14.6 Å². The SMILES string of the molecule is CCC(C)(Cc1ccc(OC)c(Br)c1)C(=O)O. The van der Waals surface area contributed by atoms with Crippen LogP contribution in [-0.2, 0) is 11.2 Å². The van der Waals surface area contributed by atoms with Gasteiger partial charge < -0.3 is 9.84 Å². The Kier molecular flexibility index (Phi) is 4.57. The van der Waals surface area contributed by atoms with Gasteiger partial charge >= 0.3 is 5.97 Å². The van der Waals surface area contributed by atoms with Crippen LogP contribution in [0.3, 0.4) is 0 Å². The Balaban J connectivity index is 2.95. The molecule has 0 aliphatic rings. The van der Waals surface area contributed by atoms with E-state index in [0.717, 1.165) is 15.8 Å². The van der Waals surface area contributed by atoms with Gasteiger partial charge in [0.1, 0.15) is 5.75 Å². The summed E-state index contributed by atoms with van der Waals surface area (Å²) >= 11 is 3.40. The molecule has 1 N–H and O–H groups in total. The van der Waals surface area contributed by atoms with Crippen molar-refractivity contribution >= 4 is 21.9 Å². The summed E-state index contributed by atoms with van der Waals surface area (Å²) < 4.78 is 5.99. The Bertz CT molecular complexity index is 417. The smallest absolute Gasteiger partial charge is 0.309 e. The number of benzene rings is 1. The third-order valence-electron chi connectivity index (χ3n) is 3.11. The lowest BCUT2D eigenvalue weighted by Gasteiger charge is -2.23. The Morgan fingerprint density at radius 1 is 1.53 bits per heavy atom. The van der Waals surface area contributed by atoms with E-state index in [0.29, 0.717) is 12.8 Å². The van der Waals surface area contributed by atoms with Crippen LogP contribution in [-0.4, -0.2) is 18.2 Å². The number of ether oxygens (including phenoxy) is 1. The zero-order chi connectivity index (χ0) is 13.1. The minimum Gasteiger partial charge on any atom is -0.496 e. The lowest BCUT2D eigenvalue weighted by molar-refractivity contribution is -0.148. The molecule has 0 bridgehead atoms. The van der Waals surface area contributed by atoms with Crippen LogP contribution < -0.4 is 4.74 Å². The summed E-state index contributed by atoms with van der Waals surface area (Å²) in [5.74, 6) is -0.00535. The molecule has 0 saturated carbocycles. The van der Waals surface area contributed by atoms with E-state index in [1.807, 2.05) is 25.1 Å². The number of halogens is 1. The fraction of sp³-hybridized carbons (Fsp3) is 0.462. The average molecular weight is 301 g/mol. The monoisotopic (exact) mass is 300 g/mol. The number of hydrogen-bond donors (Lipinski definition) is 1. The van der Waals surface area contributed by atoms with Gasteiger partial charge in [-0.1, -0.05) is 13.0 Å². The molecule has 4 heteroatoms. The van der Waals surface area contributed by atoms with Crippen LogP contribution in [0.15, 0.2) is 22.7 Å². The number of carboxylic acid groups (broad SMARTS) is 1. The number of methoxy groups -OCH3 is 1. The molecule has 0 saturated heterocycles. The maximum Gasteiger partial charge on any atom is 0.309 e. The van der Waals surface area contributed by atoms with E-state index in [9.17, 15) is 9.90 Å². The fourth-order valence-corrected chi connectivity index (χ4v) is 2.21. The molecular weight excluding hydrogens is 284 g/mol. The van der Waals surface area contributed by atoms with Gasteiger partial charge in [-0.05, 0) is 53.4 Å². The van der Waals surface area contributed by atoms with Gasteiger partial charge in [0.2, 0.25) is 0 Å². The summed E-state index contributed by atoms with van der Waals surface area (Å²) in [4.78, 5) is 11.2. The highest BCUT2D eigenvalue weighted by molar-refractivity contribution is 9.10. The van der Waals surface area contributed by atoms with Gasteiger partial charge in [0, 0.05) is 0 Å². The lowest BCUT2D eigenvalue weighted by Crippen LogP contribution is -2.29. The number of hydrogen-bond acceptors (Lipinski definition) is 2. The Hall–Kier alpha value is -1.03. The van der Waals surface area contributed by atoms with Crippen LogP contribution in [0.25, 0.3) is 0 Å². The molecule has 1 aromatic carbocycles. The number of aliphatic carboxylic acids is 1. The largest absolute Gasteiger partial charge is 0.496 e. The van der Waals surface area contributed by atoms with Crippen molar-refractivity contribution in [3.8, 4) is 5.75 Å². The first-order valence-corrected chi connectivity index (χ1v) is 6.28. The molecule has 0 amide bonds. The van der Waals surface area contributed by atoms with Crippen molar-refractivity contribution in [1.29, 1.82) is 0 Å². The van der Waals surface area contributed by atoms with E-state index >= 15 is 0 Å². The van der Waals surface area contributed by atoms with Crippen molar-refractivity contribution in [3.05, 3.63) is 28.2 Å². The zero-order valence-electron chi connectivity index (χ0n) is 10.3. The highest BCUT2D eigenvalue weighted by atomic mass is 79.9. The minimum absolute atomic E-state index is 0.515. The normalized spacial score (nSPS) is 14.1. The van der Waals surface area contributed by atoms with Crippen LogP contribution in [0.5, 0.6) is 5.75 Å². The molecule has 1 aromatic rings. The van der Waals surface area contributed by atoms with Crippen LogP contribution in [0.4, 0.5) is 0 Å². The second-order valence-electron chi connectivity index (χ2n) is 4.37. The zero-order valence-corrected chi connectivity index (χ0v) is 11.9. The van der Waals surface area contributed by atoms with Crippen molar-refractivity contribution in [1.82, 2.24) is 0 Å². The van der Waals surface area contributed by atoms with Crippen molar-refractivity contribution in [2.45, 2.75) is 26.7 Å². The first-order valence-electron chi connectivity index (χ1n) is 5.48. The molecular formula is C13H17BrO3. The quantitative estimate of drug-likeness (QED) is 0.905. The minimum atomic E-state index is -0.757. The summed E-state index contributed by atoms with van der Waals surface area (Å²) in [5.41, 5.74) is 0.276. The van der Waals surface area contributed by atoms with Crippen molar-refractivity contribution in [2.75, 3.05) is 7.11 Å². The third kappa shape index (κ3) is 3.22. The second kappa shape index (κ2) is 5.54. The molecule has 1 rings (SSSR count). The van der Waals surface area contributed by atoms with E-state index < -0.39 is 11.4 Å². The van der Waals surface area contributed by atoms with Gasteiger partial charge in [0.15, 0.2) is 0 Å². The third-order valence-corrected chi connectivity index (χ3v) is 3.73. The van der Waals surface area contributed by atoms with Gasteiger partial charge in [-0.25, -0.2) is 0 Å². The lowest BCUT2D eigenvalue weighted by atomic mass is 9.81. The maximum absolute atomic E-state index is 11.2. The Morgan fingerprint density at radius 3 is 2.59 bits per heavy atom. The predicted molar refractivity (Wildman–Crippen MR) is 70.4 cm³/mol. The number of rotatable bonds is 5. The summed E-state index contributed by atoms with van der Waals surface area (Å²) in [7, 11) is 1.60. The molecule has 17 heavy (non-hydrogen) atoms. The highest BCUT2D eigenvalue weighted by Gasteiger charge is 2.31. The van der Waals surface area contributed by atoms with E-state index in [1.165, 1.54) is 0 Å².